The van der Waals surface area contributed by atoms with Gasteiger partial charge < -0.3 is 10.1 Å². The summed E-state index contributed by atoms with van der Waals surface area (Å²) in [7, 11) is 0. The zero-order chi connectivity index (χ0) is 16.9. The Bertz CT molecular complexity index is 823. The summed E-state index contributed by atoms with van der Waals surface area (Å²) in [6, 6.07) is 15.4. The topological polar surface area (TPSA) is 51.2 Å². The number of benzene rings is 2. The molecule has 0 bridgehead atoms. The van der Waals surface area contributed by atoms with Gasteiger partial charge in [-0.05, 0) is 50.2 Å². The van der Waals surface area contributed by atoms with E-state index in [1.54, 1.807) is 5.38 Å². The highest BCUT2D eigenvalue weighted by Gasteiger charge is 2.12. The average molecular weight is 338 g/mol. The second-order valence-electron chi connectivity index (χ2n) is 5.32. The number of nitrogens with zero attached hydrogens (tertiary/aromatic N) is 1. The van der Waals surface area contributed by atoms with E-state index in [2.05, 4.69) is 10.3 Å². The second kappa shape index (κ2) is 7.27. The normalized spacial score (nSPS) is 10.4. The van der Waals surface area contributed by atoms with Crippen LogP contribution in [0.15, 0.2) is 53.9 Å². The minimum absolute atomic E-state index is 0.202. The van der Waals surface area contributed by atoms with Gasteiger partial charge in [0.25, 0.3) is 5.91 Å². The number of ether oxygens (including phenoxy) is 1. The number of carbonyl (C=O) groups excluding carboxylic acids is 1. The van der Waals surface area contributed by atoms with Crippen LogP contribution >= 0.6 is 11.3 Å². The average Bonchev–Trinajstić information content (AvgIpc) is 3.08. The van der Waals surface area contributed by atoms with Gasteiger partial charge in [-0.1, -0.05) is 17.7 Å². The number of rotatable bonds is 5. The first kappa shape index (κ1) is 16.2. The molecule has 5 heteroatoms. The lowest BCUT2D eigenvalue weighted by atomic mass is 10.2. The Kier molecular flexibility index (Phi) is 4.91. The van der Waals surface area contributed by atoms with Crippen LogP contribution in [0.2, 0.25) is 0 Å². The van der Waals surface area contributed by atoms with Crippen LogP contribution in [0.25, 0.3) is 10.6 Å². The SMILES string of the molecule is CCOc1ccc(-c2nc(C(=O)Nc3ccc(C)cc3)cs2)cc1. The summed E-state index contributed by atoms with van der Waals surface area (Å²) in [4.78, 5) is 16.7. The number of carbonyl (C=O) groups is 1. The molecule has 122 valence electrons. The summed E-state index contributed by atoms with van der Waals surface area (Å²) < 4.78 is 5.43. The molecule has 0 atom stereocenters. The van der Waals surface area contributed by atoms with Crippen molar-refractivity contribution in [1.82, 2.24) is 4.98 Å². The maximum absolute atomic E-state index is 12.3. The van der Waals surface area contributed by atoms with Crippen molar-refractivity contribution in [3.63, 3.8) is 0 Å². The van der Waals surface area contributed by atoms with E-state index in [1.165, 1.54) is 11.3 Å². The number of hydrogen-bond acceptors (Lipinski definition) is 4. The molecule has 0 radical (unpaired) electrons. The number of amides is 1. The van der Waals surface area contributed by atoms with Gasteiger partial charge in [-0.15, -0.1) is 11.3 Å². The Hall–Kier alpha value is -2.66. The summed E-state index contributed by atoms with van der Waals surface area (Å²) in [6.07, 6.45) is 0. The molecule has 2 aromatic carbocycles. The number of anilines is 1. The molecule has 3 rings (SSSR count). The fraction of sp³-hybridized carbons (Fsp3) is 0.158. The third-order valence-corrected chi connectivity index (χ3v) is 4.35. The van der Waals surface area contributed by atoms with Crippen LogP contribution in [0.5, 0.6) is 5.75 Å². The molecule has 0 aliphatic rings. The van der Waals surface area contributed by atoms with Crippen molar-refractivity contribution in [3.8, 4) is 16.3 Å². The van der Waals surface area contributed by atoms with Gasteiger partial charge in [-0.3, -0.25) is 4.79 Å². The van der Waals surface area contributed by atoms with Crippen molar-refractivity contribution in [2.45, 2.75) is 13.8 Å². The van der Waals surface area contributed by atoms with Crippen LogP contribution in [-0.2, 0) is 0 Å². The zero-order valence-corrected chi connectivity index (χ0v) is 14.4. The first-order chi connectivity index (χ1) is 11.7. The van der Waals surface area contributed by atoms with Gasteiger partial charge in [0.1, 0.15) is 16.5 Å². The molecular weight excluding hydrogens is 320 g/mol. The summed E-state index contributed by atoms with van der Waals surface area (Å²) in [6.45, 7) is 4.60. The van der Waals surface area contributed by atoms with E-state index in [0.29, 0.717) is 12.3 Å². The maximum Gasteiger partial charge on any atom is 0.275 e. The number of aromatic nitrogens is 1. The monoisotopic (exact) mass is 338 g/mol. The predicted octanol–water partition coefficient (Wildman–Crippen LogP) is 4.77. The van der Waals surface area contributed by atoms with E-state index in [0.717, 1.165) is 27.6 Å². The van der Waals surface area contributed by atoms with Gasteiger partial charge >= 0.3 is 0 Å². The second-order valence-corrected chi connectivity index (χ2v) is 6.17. The quantitative estimate of drug-likeness (QED) is 0.729. The van der Waals surface area contributed by atoms with Crippen molar-refractivity contribution in [2.24, 2.45) is 0 Å². The smallest absolute Gasteiger partial charge is 0.275 e. The minimum Gasteiger partial charge on any atom is -0.494 e. The van der Waals surface area contributed by atoms with Crippen molar-refractivity contribution >= 4 is 22.9 Å². The highest BCUT2D eigenvalue weighted by Crippen LogP contribution is 2.26. The molecule has 1 amide bonds. The molecule has 0 spiro atoms. The van der Waals surface area contributed by atoms with E-state index in [9.17, 15) is 4.79 Å². The van der Waals surface area contributed by atoms with Gasteiger partial charge in [0.15, 0.2) is 0 Å². The Labute approximate surface area is 145 Å². The molecule has 0 fully saturated rings. The Morgan fingerprint density at radius 1 is 1.12 bits per heavy atom. The Morgan fingerprint density at radius 2 is 1.83 bits per heavy atom. The number of aryl methyl sites for hydroxylation is 1. The van der Waals surface area contributed by atoms with Gasteiger partial charge in [0.2, 0.25) is 0 Å². The fourth-order valence-electron chi connectivity index (χ4n) is 2.20. The Balaban J connectivity index is 1.72. The molecule has 1 aromatic heterocycles. The standard InChI is InChI=1S/C19H18N2O2S/c1-3-23-16-10-6-14(7-11-16)19-21-17(12-24-19)18(22)20-15-8-4-13(2)5-9-15/h4-12H,3H2,1-2H3,(H,20,22). The molecule has 0 aliphatic carbocycles. The molecule has 0 saturated carbocycles. The summed E-state index contributed by atoms with van der Waals surface area (Å²) >= 11 is 1.45. The minimum atomic E-state index is -0.202. The maximum atomic E-state index is 12.3. The summed E-state index contributed by atoms with van der Waals surface area (Å²) in [5.41, 5.74) is 3.31. The predicted molar refractivity (Wildman–Crippen MR) is 97.9 cm³/mol. The summed E-state index contributed by atoms with van der Waals surface area (Å²) in [5.74, 6) is 0.627. The number of thiazole rings is 1. The van der Waals surface area contributed by atoms with Crippen LogP contribution in [0.1, 0.15) is 23.0 Å². The zero-order valence-electron chi connectivity index (χ0n) is 13.6. The van der Waals surface area contributed by atoms with Crippen molar-refractivity contribution in [3.05, 3.63) is 65.2 Å². The van der Waals surface area contributed by atoms with E-state index in [4.69, 9.17) is 4.74 Å². The van der Waals surface area contributed by atoms with Crippen molar-refractivity contribution < 1.29 is 9.53 Å². The van der Waals surface area contributed by atoms with E-state index >= 15 is 0 Å². The lowest BCUT2D eigenvalue weighted by molar-refractivity contribution is 0.102. The third-order valence-electron chi connectivity index (χ3n) is 3.46. The number of nitrogens with one attached hydrogen (secondary N) is 1. The van der Waals surface area contributed by atoms with Crippen LogP contribution in [0.4, 0.5) is 5.69 Å². The molecule has 0 saturated heterocycles. The highest BCUT2D eigenvalue weighted by molar-refractivity contribution is 7.13. The highest BCUT2D eigenvalue weighted by atomic mass is 32.1. The molecule has 4 nitrogen and oxygen atoms in total. The molecule has 24 heavy (non-hydrogen) atoms. The molecule has 1 N–H and O–H groups in total. The van der Waals surface area contributed by atoms with Crippen LogP contribution in [0, 0.1) is 6.92 Å². The largest absolute Gasteiger partial charge is 0.494 e. The van der Waals surface area contributed by atoms with E-state index in [1.807, 2.05) is 62.4 Å². The lowest BCUT2D eigenvalue weighted by Gasteiger charge is -2.04. The molecular formula is C19H18N2O2S. The fourth-order valence-corrected chi connectivity index (χ4v) is 3.01. The molecule has 0 unspecified atom stereocenters. The van der Waals surface area contributed by atoms with Crippen molar-refractivity contribution in [2.75, 3.05) is 11.9 Å². The van der Waals surface area contributed by atoms with Gasteiger partial charge in [0, 0.05) is 16.6 Å². The van der Waals surface area contributed by atoms with Crippen LogP contribution in [-0.4, -0.2) is 17.5 Å². The van der Waals surface area contributed by atoms with E-state index < -0.39 is 0 Å². The molecule has 0 aliphatic heterocycles. The van der Waals surface area contributed by atoms with Crippen LogP contribution in [0.3, 0.4) is 0 Å². The summed E-state index contributed by atoms with van der Waals surface area (Å²) in [5, 5.41) is 5.45. The van der Waals surface area contributed by atoms with Crippen LogP contribution < -0.4 is 10.1 Å². The molecule has 3 aromatic rings. The first-order valence-electron chi connectivity index (χ1n) is 7.72. The molecule has 1 heterocycles. The van der Waals surface area contributed by atoms with Gasteiger partial charge in [0.05, 0.1) is 6.61 Å². The Morgan fingerprint density at radius 3 is 2.50 bits per heavy atom. The van der Waals surface area contributed by atoms with Gasteiger partial charge in [-0.25, -0.2) is 4.98 Å². The van der Waals surface area contributed by atoms with Gasteiger partial charge in [-0.2, -0.15) is 0 Å². The lowest BCUT2D eigenvalue weighted by Crippen LogP contribution is -2.12. The first-order valence-corrected chi connectivity index (χ1v) is 8.60. The van der Waals surface area contributed by atoms with E-state index in [-0.39, 0.29) is 5.91 Å². The van der Waals surface area contributed by atoms with Crippen molar-refractivity contribution in [1.29, 1.82) is 0 Å². The third kappa shape index (κ3) is 3.81. The number of hydrogen-bond donors (Lipinski definition) is 1.